The highest BCUT2D eigenvalue weighted by Gasteiger charge is 2.26. The summed E-state index contributed by atoms with van der Waals surface area (Å²) >= 11 is 2.65. The van der Waals surface area contributed by atoms with Crippen molar-refractivity contribution in [3.8, 4) is 0 Å². The van der Waals surface area contributed by atoms with E-state index in [-0.39, 0.29) is 28.3 Å². The minimum Gasteiger partial charge on any atom is -0.348 e. The molecule has 6 nitrogen and oxygen atoms in total. The molecular weight excluding hydrogens is 390 g/mol. The molecule has 0 aromatic carbocycles. The van der Waals surface area contributed by atoms with Gasteiger partial charge in [-0.05, 0) is 42.3 Å². The molecular formula is C17H23N3O3S3. The van der Waals surface area contributed by atoms with Gasteiger partial charge in [0.05, 0.1) is 0 Å². The minimum absolute atomic E-state index is 0.0579. The summed E-state index contributed by atoms with van der Waals surface area (Å²) < 4.78 is 27.8. The lowest BCUT2D eigenvalue weighted by molar-refractivity contribution is 0.0914. The molecule has 0 saturated carbocycles. The van der Waals surface area contributed by atoms with E-state index in [0.29, 0.717) is 0 Å². The summed E-state index contributed by atoms with van der Waals surface area (Å²) in [4.78, 5) is 16.2. The van der Waals surface area contributed by atoms with Gasteiger partial charge in [-0.25, -0.2) is 13.1 Å². The molecule has 0 unspecified atom stereocenters. The number of nitrogens with one attached hydrogen (secondary N) is 2. The number of hydrogen-bond donors (Lipinski definition) is 2. The monoisotopic (exact) mass is 413 g/mol. The largest absolute Gasteiger partial charge is 0.348 e. The molecule has 1 amide bonds. The molecule has 0 spiro atoms. The molecule has 0 aliphatic carbocycles. The van der Waals surface area contributed by atoms with Gasteiger partial charge in [0.1, 0.15) is 9.77 Å². The second-order valence-electron chi connectivity index (χ2n) is 6.20. The van der Waals surface area contributed by atoms with Gasteiger partial charge in [-0.1, -0.05) is 13.0 Å². The molecule has 1 saturated heterocycles. The van der Waals surface area contributed by atoms with Gasteiger partial charge < -0.3 is 10.2 Å². The van der Waals surface area contributed by atoms with Crippen LogP contribution in [-0.2, 0) is 16.6 Å². The maximum atomic E-state index is 12.6. The summed E-state index contributed by atoms with van der Waals surface area (Å²) in [5.74, 6) is -0.300. The van der Waals surface area contributed by atoms with Crippen LogP contribution in [0.15, 0.2) is 33.9 Å². The Morgan fingerprint density at radius 1 is 1.23 bits per heavy atom. The fourth-order valence-corrected chi connectivity index (χ4v) is 6.05. The van der Waals surface area contributed by atoms with Gasteiger partial charge in [0.15, 0.2) is 0 Å². The number of nitrogens with zero attached hydrogens (tertiary/aromatic N) is 1. The maximum absolute atomic E-state index is 12.6. The van der Waals surface area contributed by atoms with Gasteiger partial charge >= 0.3 is 0 Å². The summed E-state index contributed by atoms with van der Waals surface area (Å²) in [6, 6.07) is 5.34. The number of thiophene rings is 2. The maximum Gasteiger partial charge on any atom is 0.262 e. The zero-order valence-corrected chi connectivity index (χ0v) is 17.1. The number of piperidine rings is 1. The molecule has 0 atom stereocenters. The van der Waals surface area contributed by atoms with E-state index in [1.54, 1.807) is 5.38 Å². The summed E-state index contributed by atoms with van der Waals surface area (Å²) in [5.41, 5.74) is 0. The first kappa shape index (κ1) is 19.5. The van der Waals surface area contributed by atoms with Crippen LogP contribution in [0.4, 0.5) is 0 Å². The molecule has 2 N–H and O–H groups in total. The summed E-state index contributed by atoms with van der Waals surface area (Å²) in [5, 5.41) is 6.55. The van der Waals surface area contributed by atoms with Crippen LogP contribution in [0, 0.1) is 0 Å². The second-order valence-corrected chi connectivity index (χ2v) is 9.88. The molecule has 26 heavy (non-hydrogen) atoms. The van der Waals surface area contributed by atoms with E-state index < -0.39 is 10.0 Å². The molecule has 9 heteroatoms. The first-order valence-corrected chi connectivity index (χ1v) is 11.9. The smallest absolute Gasteiger partial charge is 0.262 e. The predicted octanol–water partition coefficient (Wildman–Crippen LogP) is 2.50. The van der Waals surface area contributed by atoms with E-state index in [9.17, 15) is 13.2 Å². The third kappa shape index (κ3) is 4.72. The molecule has 2 aromatic rings. The normalized spacial score (nSPS) is 16.7. The van der Waals surface area contributed by atoms with Gasteiger partial charge in [0.2, 0.25) is 10.0 Å². The van der Waals surface area contributed by atoms with Crippen molar-refractivity contribution in [3.63, 3.8) is 0 Å². The Morgan fingerprint density at radius 2 is 2.00 bits per heavy atom. The summed E-state index contributed by atoms with van der Waals surface area (Å²) in [6.45, 7) is 5.29. The molecule has 1 fully saturated rings. The zero-order chi connectivity index (χ0) is 18.6. The number of sulfonamides is 1. The average molecular weight is 414 g/mol. The molecule has 3 rings (SSSR count). The van der Waals surface area contributed by atoms with Gasteiger partial charge in [0, 0.05) is 30.6 Å². The third-order valence-corrected chi connectivity index (χ3v) is 7.87. The van der Waals surface area contributed by atoms with Gasteiger partial charge in [-0.15, -0.1) is 22.7 Å². The zero-order valence-electron chi connectivity index (χ0n) is 14.6. The molecule has 3 heterocycles. The van der Waals surface area contributed by atoms with Crippen molar-refractivity contribution in [1.82, 2.24) is 14.9 Å². The number of rotatable bonds is 7. The van der Waals surface area contributed by atoms with Gasteiger partial charge in [-0.2, -0.15) is 0 Å². The van der Waals surface area contributed by atoms with Crippen LogP contribution in [0.1, 0.15) is 34.3 Å². The highest BCUT2D eigenvalue weighted by molar-refractivity contribution is 7.89. The Morgan fingerprint density at radius 3 is 2.65 bits per heavy atom. The standard InChI is InChI=1S/C17H23N3O3S3/c1-2-20-8-5-13(6-9-20)19-17(21)16-15(7-11-25-16)26(22,23)18-12-14-4-3-10-24-14/h3-4,7,10-11,13,18H,2,5-6,8-9,12H2,1H3,(H,19,21). The number of likely N-dealkylation sites (tertiary alicyclic amines) is 1. The molecule has 1 aliphatic heterocycles. The van der Waals surface area contributed by atoms with Gasteiger partial charge in [-0.3, -0.25) is 4.79 Å². The van der Waals surface area contributed by atoms with E-state index in [4.69, 9.17) is 0 Å². The van der Waals surface area contributed by atoms with E-state index >= 15 is 0 Å². The predicted molar refractivity (Wildman–Crippen MR) is 105 cm³/mol. The molecule has 142 valence electrons. The van der Waals surface area contributed by atoms with E-state index in [2.05, 4.69) is 21.9 Å². The number of hydrogen-bond acceptors (Lipinski definition) is 6. The summed E-state index contributed by atoms with van der Waals surface area (Å²) in [6.07, 6.45) is 1.79. The number of carbonyl (C=O) groups is 1. The summed E-state index contributed by atoms with van der Waals surface area (Å²) in [7, 11) is -3.72. The molecule has 0 bridgehead atoms. The van der Waals surface area contributed by atoms with Crippen molar-refractivity contribution in [1.29, 1.82) is 0 Å². The lowest BCUT2D eigenvalue weighted by Gasteiger charge is -2.31. The lowest BCUT2D eigenvalue weighted by Crippen LogP contribution is -2.44. The fraction of sp³-hybridized carbons (Fsp3) is 0.471. The highest BCUT2D eigenvalue weighted by atomic mass is 32.2. The Labute approximate surface area is 162 Å². The lowest BCUT2D eigenvalue weighted by atomic mass is 10.1. The Balaban J connectivity index is 1.64. The van der Waals surface area contributed by atoms with Crippen molar-refractivity contribution in [2.24, 2.45) is 0 Å². The Bertz CT molecular complexity index is 823. The van der Waals surface area contributed by atoms with Crippen LogP contribution in [-0.4, -0.2) is 44.9 Å². The Kier molecular flexibility index (Phi) is 6.46. The second kappa shape index (κ2) is 8.62. The van der Waals surface area contributed by atoms with Crippen molar-refractivity contribution >= 4 is 38.6 Å². The van der Waals surface area contributed by atoms with Crippen LogP contribution >= 0.6 is 22.7 Å². The van der Waals surface area contributed by atoms with E-state index in [1.165, 1.54) is 17.4 Å². The minimum atomic E-state index is -3.72. The van der Waals surface area contributed by atoms with Crippen LogP contribution in [0.2, 0.25) is 0 Å². The average Bonchev–Trinajstić information content (AvgIpc) is 3.32. The van der Waals surface area contributed by atoms with Crippen molar-refractivity contribution in [2.45, 2.75) is 37.2 Å². The van der Waals surface area contributed by atoms with Crippen molar-refractivity contribution in [3.05, 3.63) is 38.7 Å². The highest BCUT2D eigenvalue weighted by Crippen LogP contribution is 2.23. The van der Waals surface area contributed by atoms with E-state index in [0.717, 1.165) is 48.7 Å². The molecule has 2 aromatic heterocycles. The van der Waals surface area contributed by atoms with E-state index in [1.807, 2.05) is 17.5 Å². The van der Waals surface area contributed by atoms with Crippen LogP contribution in [0.5, 0.6) is 0 Å². The first-order chi connectivity index (χ1) is 12.5. The quantitative estimate of drug-likeness (QED) is 0.731. The number of amides is 1. The number of carbonyl (C=O) groups excluding carboxylic acids is 1. The fourth-order valence-electron chi connectivity index (χ4n) is 2.98. The topological polar surface area (TPSA) is 78.5 Å². The van der Waals surface area contributed by atoms with Gasteiger partial charge in [0.25, 0.3) is 5.91 Å². The Hall–Kier alpha value is -1.26. The van der Waals surface area contributed by atoms with Crippen LogP contribution in [0.25, 0.3) is 0 Å². The molecule has 0 radical (unpaired) electrons. The third-order valence-electron chi connectivity index (χ3n) is 4.51. The van der Waals surface area contributed by atoms with Crippen LogP contribution in [0.3, 0.4) is 0 Å². The SMILES string of the molecule is CCN1CCC(NC(=O)c2sccc2S(=O)(=O)NCc2cccs2)CC1. The molecule has 1 aliphatic rings. The van der Waals surface area contributed by atoms with Crippen molar-refractivity contribution < 1.29 is 13.2 Å². The first-order valence-electron chi connectivity index (χ1n) is 8.62. The van der Waals surface area contributed by atoms with Crippen molar-refractivity contribution in [2.75, 3.05) is 19.6 Å². The van der Waals surface area contributed by atoms with Crippen LogP contribution < -0.4 is 10.0 Å².